The molecule has 1 unspecified atom stereocenters. The SMILES string of the molecule is O=C(CC(O)c1ccc(Cl)cc1)N1CCN(c2c(F)cccc2F)CC1. The van der Waals surface area contributed by atoms with Crippen LogP contribution < -0.4 is 4.90 Å². The molecule has 1 fully saturated rings. The molecule has 0 bridgehead atoms. The minimum atomic E-state index is -0.915. The normalized spacial score (nSPS) is 15.8. The van der Waals surface area contributed by atoms with Crippen LogP contribution in [0.4, 0.5) is 14.5 Å². The summed E-state index contributed by atoms with van der Waals surface area (Å²) in [5.74, 6) is -1.41. The number of aliphatic hydroxyl groups excluding tert-OH is 1. The van der Waals surface area contributed by atoms with Crippen LogP contribution in [0.1, 0.15) is 18.1 Å². The Morgan fingerprint density at radius 2 is 1.62 bits per heavy atom. The average Bonchev–Trinajstić information content (AvgIpc) is 2.62. The molecule has 3 rings (SSSR count). The van der Waals surface area contributed by atoms with Crippen LogP contribution in [0.15, 0.2) is 42.5 Å². The van der Waals surface area contributed by atoms with Crippen molar-refractivity contribution in [2.45, 2.75) is 12.5 Å². The highest BCUT2D eigenvalue weighted by molar-refractivity contribution is 6.30. The van der Waals surface area contributed by atoms with Gasteiger partial charge < -0.3 is 14.9 Å². The molecular formula is C19H19ClF2N2O2. The van der Waals surface area contributed by atoms with Crippen molar-refractivity contribution in [3.63, 3.8) is 0 Å². The van der Waals surface area contributed by atoms with Gasteiger partial charge in [0, 0.05) is 31.2 Å². The van der Waals surface area contributed by atoms with Crippen molar-refractivity contribution in [3.8, 4) is 0 Å². The molecule has 1 atom stereocenters. The Morgan fingerprint density at radius 3 is 2.19 bits per heavy atom. The molecule has 1 amide bonds. The van der Waals surface area contributed by atoms with E-state index in [1.54, 1.807) is 34.1 Å². The van der Waals surface area contributed by atoms with Crippen LogP contribution in [0, 0.1) is 11.6 Å². The van der Waals surface area contributed by atoms with Crippen LogP contribution in [0.3, 0.4) is 0 Å². The highest BCUT2D eigenvalue weighted by atomic mass is 35.5. The summed E-state index contributed by atoms with van der Waals surface area (Å²) in [6.45, 7) is 1.36. The number of benzene rings is 2. The third kappa shape index (κ3) is 4.14. The summed E-state index contributed by atoms with van der Waals surface area (Å²) in [5, 5.41) is 10.8. The van der Waals surface area contributed by atoms with Crippen molar-refractivity contribution in [2.75, 3.05) is 31.1 Å². The van der Waals surface area contributed by atoms with Crippen molar-refractivity contribution in [2.24, 2.45) is 0 Å². The first-order valence-electron chi connectivity index (χ1n) is 8.36. The average molecular weight is 381 g/mol. The summed E-state index contributed by atoms with van der Waals surface area (Å²) in [7, 11) is 0. The molecule has 1 heterocycles. The fraction of sp³-hybridized carbons (Fsp3) is 0.316. The monoisotopic (exact) mass is 380 g/mol. The van der Waals surface area contributed by atoms with E-state index in [9.17, 15) is 18.7 Å². The minimum absolute atomic E-state index is 0.0459. The van der Waals surface area contributed by atoms with Gasteiger partial charge in [0.2, 0.25) is 5.91 Å². The zero-order valence-electron chi connectivity index (χ0n) is 14.0. The van der Waals surface area contributed by atoms with E-state index in [4.69, 9.17) is 11.6 Å². The maximum Gasteiger partial charge on any atom is 0.225 e. The maximum absolute atomic E-state index is 13.9. The van der Waals surface area contributed by atoms with Gasteiger partial charge >= 0.3 is 0 Å². The van der Waals surface area contributed by atoms with Gasteiger partial charge in [-0.3, -0.25) is 4.79 Å². The first kappa shape index (κ1) is 18.6. The standard InChI is InChI=1S/C19H19ClF2N2O2/c20-14-6-4-13(5-7-14)17(25)12-18(26)23-8-10-24(11-9-23)19-15(21)2-1-3-16(19)22/h1-7,17,25H,8-12H2. The van der Waals surface area contributed by atoms with E-state index in [0.717, 1.165) is 0 Å². The number of anilines is 1. The molecule has 0 aliphatic carbocycles. The predicted octanol–water partition coefficient (Wildman–Crippen LogP) is 3.39. The number of halogens is 3. The number of carbonyl (C=O) groups excluding carboxylic acids is 1. The topological polar surface area (TPSA) is 43.8 Å². The van der Waals surface area contributed by atoms with E-state index >= 15 is 0 Å². The van der Waals surface area contributed by atoms with Crippen LogP contribution in [0.2, 0.25) is 5.02 Å². The largest absolute Gasteiger partial charge is 0.388 e. The number of aliphatic hydroxyl groups is 1. The van der Waals surface area contributed by atoms with Gasteiger partial charge in [0.05, 0.1) is 12.5 Å². The molecule has 4 nitrogen and oxygen atoms in total. The first-order valence-corrected chi connectivity index (χ1v) is 8.74. The summed E-state index contributed by atoms with van der Waals surface area (Å²) in [6.07, 6.45) is -0.961. The number of para-hydroxylation sites is 1. The lowest BCUT2D eigenvalue weighted by atomic mass is 10.1. The van der Waals surface area contributed by atoms with Crippen molar-refractivity contribution in [3.05, 3.63) is 64.7 Å². The van der Waals surface area contributed by atoms with Crippen LogP contribution >= 0.6 is 11.6 Å². The fourth-order valence-corrected chi connectivity index (χ4v) is 3.19. The highest BCUT2D eigenvalue weighted by Crippen LogP contribution is 2.25. The molecule has 26 heavy (non-hydrogen) atoms. The smallest absolute Gasteiger partial charge is 0.225 e. The zero-order valence-corrected chi connectivity index (χ0v) is 14.8. The number of nitrogens with zero attached hydrogens (tertiary/aromatic N) is 2. The van der Waals surface area contributed by atoms with E-state index in [1.165, 1.54) is 18.2 Å². The quantitative estimate of drug-likeness (QED) is 0.884. The molecule has 0 spiro atoms. The summed E-state index contributed by atoms with van der Waals surface area (Å²) in [5.41, 5.74) is 0.565. The number of hydrogen-bond donors (Lipinski definition) is 1. The van der Waals surface area contributed by atoms with Crippen molar-refractivity contribution in [1.29, 1.82) is 0 Å². The second kappa shape index (κ2) is 8.01. The van der Waals surface area contributed by atoms with Gasteiger partial charge in [-0.2, -0.15) is 0 Å². The maximum atomic E-state index is 13.9. The summed E-state index contributed by atoms with van der Waals surface area (Å²) in [6, 6.07) is 10.4. The molecule has 0 radical (unpaired) electrons. The number of rotatable bonds is 4. The minimum Gasteiger partial charge on any atom is -0.388 e. The molecule has 1 aliphatic rings. The van der Waals surface area contributed by atoms with Gasteiger partial charge in [-0.15, -0.1) is 0 Å². The Bertz CT molecular complexity index is 757. The van der Waals surface area contributed by atoms with Gasteiger partial charge in [0.25, 0.3) is 0 Å². The van der Waals surface area contributed by atoms with Crippen LogP contribution in [0.5, 0.6) is 0 Å². The van der Waals surface area contributed by atoms with Crippen molar-refractivity contribution in [1.82, 2.24) is 4.90 Å². The second-order valence-electron chi connectivity index (χ2n) is 6.21. The fourth-order valence-electron chi connectivity index (χ4n) is 3.07. The van der Waals surface area contributed by atoms with Crippen LogP contribution in [-0.2, 0) is 4.79 Å². The summed E-state index contributed by atoms with van der Waals surface area (Å²) >= 11 is 5.82. The van der Waals surface area contributed by atoms with Crippen molar-refractivity contribution < 1.29 is 18.7 Å². The second-order valence-corrected chi connectivity index (χ2v) is 6.65. The number of carbonyl (C=O) groups is 1. The Balaban J connectivity index is 1.57. The Hall–Kier alpha value is -2.18. The Kier molecular flexibility index (Phi) is 5.74. The molecule has 2 aromatic carbocycles. The third-order valence-corrected chi connectivity index (χ3v) is 4.76. The van der Waals surface area contributed by atoms with Crippen LogP contribution in [0.25, 0.3) is 0 Å². The lowest BCUT2D eigenvalue weighted by Gasteiger charge is -2.36. The Morgan fingerprint density at radius 1 is 1.04 bits per heavy atom. The predicted molar refractivity (Wildman–Crippen MR) is 96.2 cm³/mol. The molecule has 1 saturated heterocycles. The molecule has 0 saturated carbocycles. The Labute approximate surface area is 155 Å². The number of hydrogen-bond acceptors (Lipinski definition) is 3. The van der Waals surface area contributed by atoms with E-state index in [-0.39, 0.29) is 18.0 Å². The molecular weight excluding hydrogens is 362 g/mol. The summed E-state index contributed by atoms with van der Waals surface area (Å²) < 4.78 is 27.7. The highest BCUT2D eigenvalue weighted by Gasteiger charge is 2.26. The first-order chi connectivity index (χ1) is 12.5. The van der Waals surface area contributed by atoms with E-state index in [0.29, 0.717) is 36.8 Å². The lowest BCUT2D eigenvalue weighted by Crippen LogP contribution is -2.49. The molecule has 1 aliphatic heterocycles. The van der Waals surface area contributed by atoms with Crippen molar-refractivity contribution >= 4 is 23.2 Å². The summed E-state index contributed by atoms with van der Waals surface area (Å²) in [4.78, 5) is 15.6. The third-order valence-electron chi connectivity index (χ3n) is 4.51. The number of amides is 1. The van der Waals surface area contributed by atoms with Gasteiger partial charge in [0.1, 0.15) is 17.3 Å². The van der Waals surface area contributed by atoms with E-state index in [2.05, 4.69) is 0 Å². The lowest BCUT2D eigenvalue weighted by molar-refractivity contribution is -0.133. The molecule has 0 aromatic heterocycles. The van der Waals surface area contributed by atoms with Gasteiger partial charge in [-0.25, -0.2) is 8.78 Å². The number of piperazine rings is 1. The van der Waals surface area contributed by atoms with Gasteiger partial charge in [-0.1, -0.05) is 29.8 Å². The van der Waals surface area contributed by atoms with E-state index in [1.807, 2.05) is 0 Å². The molecule has 2 aromatic rings. The molecule has 138 valence electrons. The van der Waals surface area contributed by atoms with E-state index < -0.39 is 17.7 Å². The molecule has 1 N–H and O–H groups in total. The zero-order chi connectivity index (χ0) is 18.7. The van der Waals surface area contributed by atoms with Gasteiger partial charge in [0.15, 0.2) is 0 Å². The van der Waals surface area contributed by atoms with Gasteiger partial charge in [-0.05, 0) is 29.8 Å². The van der Waals surface area contributed by atoms with Crippen LogP contribution in [-0.4, -0.2) is 42.1 Å². The molecule has 7 heteroatoms.